The Labute approximate surface area is 131 Å². The van der Waals surface area contributed by atoms with E-state index in [1.165, 1.54) is 6.07 Å². The molecule has 2 atom stereocenters. The maximum Gasteiger partial charge on any atom is 0.418 e. The van der Waals surface area contributed by atoms with Gasteiger partial charge in [-0.2, -0.15) is 13.2 Å². The predicted molar refractivity (Wildman–Crippen MR) is 82.3 cm³/mol. The van der Waals surface area contributed by atoms with Gasteiger partial charge in [-0.3, -0.25) is 0 Å². The maximum absolute atomic E-state index is 13.3. The summed E-state index contributed by atoms with van der Waals surface area (Å²) in [6.45, 7) is 0.521. The zero-order valence-electron chi connectivity index (χ0n) is 12.0. The Morgan fingerprint density at radius 2 is 1.95 bits per heavy atom. The number of nitrogens with two attached hydrogens (primary N) is 1. The first kappa shape index (κ1) is 16.6. The molecule has 2 rings (SSSR count). The van der Waals surface area contributed by atoms with Crippen LogP contribution in [0.3, 0.4) is 0 Å². The van der Waals surface area contributed by atoms with Gasteiger partial charge >= 0.3 is 6.18 Å². The lowest BCUT2D eigenvalue weighted by Crippen LogP contribution is -2.43. The zero-order chi connectivity index (χ0) is 15.6. The van der Waals surface area contributed by atoms with E-state index in [4.69, 9.17) is 5.73 Å². The molecule has 0 amide bonds. The van der Waals surface area contributed by atoms with Gasteiger partial charge in [0.1, 0.15) is 0 Å². The maximum atomic E-state index is 13.3. The topological polar surface area (TPSA) is 29.3 Å². The smallest absolute Gasteiger partial charge is 0.371 e. The Balaban J connectivity index is 2.36. The molecule has 0 bridgehead atoms. The van der Waals surface area contributed by atoms with Crippen LogP contribution in [0.15, 0.2) is 22.7 Å². The summed E-state index contributed by atoms with van der Waals surface area (Å²) >= 11 is 3.12. The monoisotopic (exact) mass is 364 g/mol. The first-order valence-corrected chi connectivity index (χ1v) is 7.93. The predicted octanol–water partition coefficient (Wildman–Crippen LogP) is 4.42. The molecule has 0 saturated heterocycles. The second-order valence-corrected chi connectivity index (χ2v) is 6.53. The van der Waals surface area contributed by atoms with Crippen molar-refractivity contribution in [3.8, 4) is 0 Å². The summed E-state index contributed by atoms with van der Waals surface area (Å²) in [6.07, 6.45) is -0.322. The van der Waals surface area contributed by atoms with Crippen molar-refractivity contribution in [1.29, 1.82) is 0 Å². The lowest BCUT2D eigenvalue weighted by molar-refractivity contribution is -0.137. The number of alkyl halides is 3. The van der Waals surface area contributed by atoms with Crippen molar-refractivity contribution in [2.24, 2.45) is 11.7 Å². The first-order chi connectivity index (χ1) is 9.84. The molecule has 0 aromatic heterocycles. The number of hydrogen-bond donors (Lipinski definition) is 1. The van der Waals surface area contributed by atoms with Crippen molar-refractivity contribution in [3.63, 3.8) is 0 Å². The quantitative estimate of drug-likeness (QED) is 0.859. The first-order valence-electron chi connectivity index (χ1n) is 7.14. The Morgan fingerprint density at radius 3 is 2.57 bits per heavy atom. The van der Waals surface area contributed by atoms with Gasteiger partial charge in [-0.1, -0.05) is 28.8 Å². The Bertz CT molecular complexity index is 490. The molecule has 1 aliphatic carbocycles. The highest BCUT2D eigenvalue weighted by Crippen LogP contribution is 2.40. The number of anilines is 1. The van der Waals surface area contributed by atoms with Crippen molar-refractivity contribution in [2.75, 3.05) is 18.5 Å². The van der Waals surface area contributed by atoms with E-state index in [9.17, 15) is 13.2 Å². The Kier molecular flexibility index (Phi) is 5.20. The molecule has 21 heavy (non-hydrogen) atoms. The van der Waals surface area contributed by atoms with Crippen LogP contribution in [-0.2, 0) is 6.18 Å². The van der Waals surface area contributed by atoms with Gasteiger partial charge in [0.05, 0.1) is 5.56 Å². The molecule has 1 fully saturated rings. The van der Waals surface area contributed by atoms with E-state index < -0.39 is 11.7 Å². The SMILES string of the molecule is CN(c1ccc(Br)cc1C(F)(F)F)C1CCCCC1CN. The average Bonchev–Trinajstić information content (AvgIpc) is 2.45. The molecule has 0 heterocycles. The van der Waals surface area contributed by atoms with Gasteiger partial charge in [0.15, 0.2) is 0 Å². The number of nitrogens with zero attached hydrogens (tertiary/aromatic N) is 1. The third-order valence-electron chi connectivity index (χ3n) is 4.31. The van der Waals surface area contributed by atoms with Crippen LogP contribution >= 0.6 is 15.9 Å². The second kappa shape index (κ2) is 6.57. The van der Waals surface area contributed by atoms with Crippen LogP contribution in [0.4, 0.5) is 18.9 Å². The number of benzene rings is 1. The molecule has 2 nitrogen and oxygen atoms in total. The summed E-state index contributed by atoms with van der Waals surface area (Å²) in [5.41, 5.74) is 5.44. The number of hydrogen-bond acceptors (Lipinski definition) is 2. The molecule has 1 saturated carbocycles. The minimum atomic E-state index is -4.36. The molecular formula is C15H20BrF3N2. The van der Waals surface area contributed by atoms with E-state index in [1.807, 2.05) is 0 Å². The van der Waals surface area contributed by atoms with E-state index in [1.54, 1.807) is 18.0 Å². The van der Waals surface area contributed by atoms with Crippen LogP contribution in [0.5, 0.6) is 0 Å². The van der Waals surface area contributed by atoms with Gasteiger partial charge in [0, 0.05) is 23.2 Å². The summed E-state index contributed by atoms with van der Waals surface area (Å²) < 4.78 is 40.2. The van der Waals surface area contributed by atoms with Crippen molar-refractivity contribution >= 4 is 21.6 Å². The van der Waals surface area contributed by atoms with Crippen LogP contribution in [-0.4, -0.2) is 19.6 Å². The molecule has 0 radical (unpaired) electrons. The van der Waals surface area contributed by atoms with E-state index in [0.29, 0.717) is 11.0 Å². The highest BCUT2D eigenvalue weighted by molar-refractivity contribution is 9.10. The lowest BCUT2D eigenvalue weighted by atomic mass is 9.83. The molecular weight excluding hydrogens is 345 g/mol. The van der Waals surface area contributed by atoms with Gasteiger partial charge in [0.2, 0.25) is 0 Å². The third kappa shape index (κ3) is 3.72. The average molecular weight is 365 g/mol. The number of rotatable bonds is 3. The molecule has 2 N–H and O–H groups in total. The van der Waals surface area contributed by atoms with Crippen LogP contribution in [0.1, 0.15) is 31.2 Å². The zero-order valence-corrected chi connectivity index (χ0v) is 13.5. The fourth-order valence-electron chi connectivity index (χ4n) is 3.19. The molecule has 1 aliphatic rings. The molecule has 2 unspecified atom stereocenters. The van der Waals surface area contributed by atoms with Crippen molar-refractivity contribution in [2.45, 2.75) is 37.9 Å². The van der Waals surface area contributed by atoms with Gasteiger partial charge in [-0.05, 0) is 43.5 Å². The second-order valence-electron chi connectivity index (χ2n) is 5.62. The van der Waals surface area contributed by atoms with Crippen molar-refractivity contribution in [3.05, 3.63) is 28.2 Å². The third-order valence-corrected chi connectivity index (χ3v) is 4.81. The summed E-state index contributed by atoms with van der Waals surface area (Å²) in [6, 6.07) is 4.41. The van der Waals surface area contributed by atoms with Gasteiger partial charge in [0.25, 0.3) is 0 Å². The highest BCUT2D eigenvalue weighted by atomic mass is 79.9. The minimum Gasteiger partial charge on any atom is -0.371 e. The number of halogens is 4. The molecule has 6 heteroatoms. The van der Waals surface area contributed by atoms with Crippen molar-refractivity contribution < 1.29 is 13.2 Å². The normalized spacial score (nSPS) is 23.1. The van der Waals surface area contributed by atoms with Gasteiger partial charge in [-0.25, -0.2) is 0 Å². The van der Waals surface area contributed by atoms with Gasteiger partial charge in [-0.15, -0.1) is 0 Å². The van der Waals surface area contributed by atoms with E-state index in [0.717, 1.165) is 31.7 Å². The summed E-state index contributed by atoms with van der Waals surface area (Å²) in [7, 11) is 1.75. The van der Waals surface area contributed by atoms with Crippen LogP contribution in [0.25, 0.3) is 0 Å². The molecule has 1 aromatic rings. The largest absolute Gasteiger partial charge is 0.418 e. The Hall–Kier alpha value is -0.750. The van der Waals surface area contributed by atoms with Crippen LogP contribution in [0, 0.1) is 5.92 Å². The molecule has 1 aromatic carbocycles. The fourth-order valence-corrected chi connectivity index (χ4v) is 3.56. The molecule has 118 valence electrons. The fraction of sp³-hybridized carbons (Fsp3) is 0.600. The summed E-state index contributed by atoms with van der Waals surface area (Å²) in [4.78, 5) is 1.77. The lowest BCUT2D eigenvalue weighted by Gasteiger charge is -2.39. The summed E-state index contributed by atoms with van der Waals surface area (Å²) in [5.74, 6) is 0.258. The standard InChI is InChI=1S/C15H20BrF3N2/c1-21(13-5-3-2-4-10(13)9-20)14-7-6-11(16)8-12(14)15(17,18)19/h6-8,10,13H,2-5,9,20H2,1H3. The van der Waals surface area contributed by atoms with Crippen LogP contribution in [0.2, 0.25) is 0 Å². The molecule has 0 aliphatic heterocycles. The Morgan fingerprint density at radius 1 is 1.29 bits per heavy atom. The van der Waals surface area contributed by atoms with Gasteiger partial charge < -0.3 is 10.6 Å². The minimum absolute atomic E-state index is 0.0750. The van der Waals surface area contributed by atoms with E-state index >= 15 is 0 Å². The van der Waals surface area contributed by atoms with Crippen molar-refractivity contribution in [1.82, 2.24) is 0 Å². The highest BCUT2D eigenvalue weighted by Gasteiger charge is 2.37. The summed E-state index contributed by atoms with van der Waals surface area (Å²) in [5, 5.41) is 0. The van der Waals surface area contributed by atoms with E-state index in [-0.39, 0.29) is 17.6 Å². The van der Waals surface area contributed by atoms with E-state index in [2.05, 4.69) is 15.9 Å². The molecule has 0 spiro atoms. The van der Waals surface area contributed by atoms with Crippen LogP contribution < -0.4 is 10.6 Å².